The number of rotatable bonds is 1. The van der Waals surface area contributed by atoms with E-state index in [1.54, 1.807) is 6.07 Å². The van der Waals surface area contributed by atoms with E-state index in [0.717, 1.165) is 25.9 Å². The molecule has 92 valence electrons. The van der Waals surface area contributed by atoms with Crippen LogP contribution in [0.15, 0.2) is 12.3 Å². The van der Waals surface area contributed by atoms with Gasteiger partial charge in [0, 0.05) is 25.2 Å². The second kappa shape index (κ2) is 4.10. The number of fused-ring (bicyclic) bond motifs is 2. The molecule has 1 aromatic rings. The lowest BCUT2D eigenvalue weighted by Gasteiger charge is -2.37. The molecule has 1 aromatic heterocycles. The topological polar surface area (TPSA) is 42.1 Å². The molecular weight excluding hydrogens is 241 g/mol. The van der Waals surface area contributed by atoms with Crippen molar-refractivity contribution in [3.63, 3.8) is 0 Å². The summed E-state index contributed by atoms with van der Waals surface area (Å²) in [6.45, 7) is 1.66. The predicted molar refractivity (Wildman–Crippen MR) is 65.6 cm³/mol. The molecule has 2 bridgehead atoms. The minimum absolute atomic E-state index is 0.284. The van der Waals surface area contributed by atoms with Crippen molar-refractivity contribution in [3.05, 3.63) is 23.2 Å². The van der Waals surface area contributed by atoms with Crippen LogP contribution in [0.25, 0.3) is 0 Å². The molecular formula is C12H15ClFN3. The number of nitrogens with two attached hydrogens (primary N) is 1. The van der Waals surface area contributed by atoms with E-state index in [1.807, 2.05) is 0 Å². The van der Waals surface area contributed by atoms with Gasteiger partial charge in [0.15, 0.2) is 5.82 Å². The molecule has 1 aliphatic heterocycles. The first kappa shape index (κ1) is 11.2. The lowest BCUT2D eigenvalue weighted by atomic mass is 9.93. The highest BCUT2D eigenvalue weighted by Gasteiger charge is 2.40. The molecule has 3 nitrogen and oxygen atoms in total. The second-order valence-electron chi connectivity index (χ2n) is 5.04. The van der Waals surface area contributed by atoms with Gasteiger partial charge in [-0.1, -0.05) is 11.6 Å². The number of hydrogen-bond acceptors (Lipinski definition) is 3. The summed E-state index contributed by atoms with van der Waals surface area (Å²) in [7, 11) is 0. The zero-order valence-corrected chi connectivity index (χ0v) is 10.2. The van der Waals surface area contributed by atoms with E-state index in [1.165, 1.54) is 6.20 Å². The van der Waals surface area contributed by atoms with Gasteiger partial charge in [-0.3, -0.25) is 0 Å². The van der Waals surface area contributed by atoms with Gasteiger partial charge in [0.05, 0.1) is 11.9 Å². The van der Waals surface area contributed by atoms with Gasteiger partial charge >= 0.3 is 0 Å². The van der Waals surface area contributed by atoms with E-state index in [2.05, 4.69) is 9.88 Å². The first-order chi connectivity index (χ1) is 8.15. The molecule has 0 amide bonds. The largest absolute Gasteiger partial charge is 0.368 e. The number of pyridine rings is 1. The Labute approximate surface area is 105 Å². The van der Waals surface area contributed by atoms with Gasteiger partial charge in [0.1, 0.15) is 5.15 Å². The van der Waals surface area contributed by atoms with Crippen LogP contribution >= 0.6 is 11.6 Å². The number of anilines is 1. The standard InChI is InChI=1S/C12H15ClFN3/c13-11-3-10(9(14)4-16-11)17-5-7-1-2-8(6-17)12(7)15/h3-4,7-8,12H,1-2,5-6,15H2. The van der Waals surface area contributed by atoms with Crippen LogP contribution in [-0.2, 0) is 0 Å². The monoisotopic (exact) mass is 255 g/mol. The smallest absolute Gasteiger partial charge is 0.164 e. The predicted octanol–water partition coefficient (Wildman–Crippen LogP) is 2.05. The number of piperidine rings is 1. The fourth-order valence-corrected chi connectivity index (χ4v) is 3.26. The van der Waals surface area contributed by atoms with Crippen molar-refractivity contribution in [2.24, 2.45) is 17.6 Å². The summed E-state index contributed by atoms with van der Waals surface area (Å²) in [5.41, 5.74) is 6.70. The molecule has 1 aliphatic carbocycles. The summed E-state index contributed by atoms with van der Waals surface area (Å²) < 4.78 is 13.7. The molecule has 17 heavy (non-hydrogen) atoms. The lowest BCUT2D eigenvalue weighted by Crippen LogP contribution is -2.49. The normalized spacial score (nSPS) is 31.9. The number of aromatic nitrogens is 1. The number of nitrogens with zero attached hydrogens (tertiary/aromatic N) is 2. The maximum atomic E-state index is 13.7. The average Bonchev–Trinajstić information content (AvgIpc) is 2.55. The molecule has 1 saturated carbocycles. The summed E-state index contributed by atoms with van der Waals surface area (Å²) >= 11 is 5.82. The summed E-state index contributed by atoms with van der Waals surface area (Å²) in [5.74, 6) is 0.671. The fraction of sp³-hybridized carbons (Fsp3) is 0.583. The van der Waals surface area contributed by atoms with Crippen molar-refractivity contribution < 1.29 is 4.39 Å². The zero-order valence-electron chi connectivity index (χ0n) is 9.44. The molecule has 1 saturated heterocycles. The summed E-state index contributed by atoms with van der Waals surface area (Å²) in [6, 6.07) is 1.89. The average molecular weight is 256 g/mol. The second-order valence-corrected chi connectivity index (χ2v) is 5.43. The Balaban J connectivity index is 1.88. The molecule has 2 fully saturated rings. The van der Waals surface area contributed by atoms with Gasteiger partial charge in [-0.05, 0) is 24.7 Å². The quantitative estimate of drug-likeness (QED) is 0.781. The van der Waals surface area contributed by atoms with Gasteiger partial charge in [-0.25, -0.2) is 9.37 Å². The molecule has 0 aromatic carbocycles. The third-order valence-corrected chi connectivity index (χ3v) is 4.26. The Kier molecular flexibility index (Phi) is 2.71. The van der Waals surface area contributed by atoms with E-state index in [-0.39, 0.29) is 11.9 Å². The Morgan fingerprint density at radius 3 is 2.65 bits per heavy atom. The van der Waals surface area contributed by atoms with Crippen LogP contribution in [-0.4, -0.2) is 24.1 Å². The third-order valence-electron chi connectivity index (χ3n) is 4.05. The van der Waals surface area contributed by atoms with Gasteiger partial charge in [-0.2, -0.15) is 0 Å². The van der Waals surface area contributed by atoms with Crippen LogP contribution < -0.4 is 10.6 Å². The van der Waals surface area contributed by atoms with Crippen LogP contribution in [0, 0.1) is 17.7 Å². The van der Waals surface area contributed by atoms with E-state index in [9.17, 15) is 4.39 Å². The Morgan fingerprint density at radius 1 is 1.35 bits per heavy atom. The Bertz CT molecular complexity index is 426. The molecule has 0 spiro atoms. The summed E-state index contributed by atoms with van der Waals surface area (Å²) in [6.07, 6.45) is 3.50. The van der Waals surface area contributed by atoms with Crippen LogP contribution in [0.4, 0.5) is 10.1 Å². The fourth-order valence-electron chi connectivity index (χ4n) is 3.11. The van der Waals surface area contributed by atoms with Crippen LogP contribution in [0.5, 0.6) is 0 Å². The number of halogens is 2. The van der Waals surface area contributed by atoms with Crippen molar-refractivity contribution in [1.29, 1.82) is 0 Å². The SMILES string of the molecule is NC1C2CCC1CN(c1cc(Cl)ncc1F)C2. The van der Waals surface area contributed by atoms with E-state index in [4.69, 9.17) is 17.3 Å². The zero-order chi connectivity index (χ0) is 12.0. The molecule has 2 atom stereocenters. The van der Waals surface area contributed by atoms with Gasteiger partial charge < -0.3 is 10.6 Å². The minimum atomic E-state index is -0.302. The van der Waals surface area contributed by atoms with Crippen molar-refractivity contribution in [3.8, 4) is 0 Å². The maximum absolute atomic E-state index is 13.7. The van der Waals surface area contributed by atoms with Gasteiger partial charge in [-0.15, -0.1) is 0 Å². The van der Waals surface area contributed by atoms with E-state index >= 15 is 0 Å². The van der Waals surface area contributed by atoms with Crippen LogP contribution in [0.3, 0.4) is 0 Å². The third kappa shape index (κ3) is 1.89. The molecule has 2 N–H and O–H groups in total. The molecule has 2 unspecified atom stereocenters. The summed E-state index contributed by atoms with van der Waals surface area (Å²) in [4.78, 5) is 5.81. The minimum Gasteiger partial charge on any atom is -0.368 e. The van der Waals surface area contributed by atoms with Gasteiger partial charge in [0.25, 0.3) is 0 Å². The highest BCUT2D eigenvalue weighted by molar-refractivity contribution is 6.29. The number of hydrogen-bond donors (Lipinski definition) is 1. The first-order valence-electron chi connectivity index (χ1n) is 5.96. The molecule has 2 heterocycles. The van der Waals surface area contributed by atoms with Crippen LogP contribution in [0.1, 0.15) is 12.8 Å². The van der Waals surface area contributed by atoms with Gasteiger partial charge in [0.2, 0.25) is 0 Å². The van der Waals surface area contributed by atoms with Crippen molar-refractivity contribution >= 4 is 17.3 Å². The maximum Gasteiger partial charge on any atom is 0.164 e. The highest BCUT2D eigenvalue weighted by atomic mass is 35.5. The molecule has 0 radical (unpaired) electrons. The molecule has 3 rings (SSSR count). The van der Waals surface area contributed by atoms with Crippen molar-refractivity contribution in [2.75, 3.05) is 18.0 Å². The highest BCUT2D eigenvalue weighted by Crippen LogP contribution is 2.38. The Hall–Kier alpha value is -0.870. The first-order valence-corrected chi connectivity index (χ1v) is 6.34. The van der Waals surface area contributed by atoms with E-state index in [0.29, 0.717) is 22.7 Å². The lowest BCUT2D eigenvalue weighted by molar-refractivity contribution is 0.354. The van der Waals surface area contributed by atoms with Crippen molar-refractivity contribution in [1.82, 2.24) is 4.98 Å². The van der Waals surface area contributed by atoms with E-state index < -0.39 is 0 Å². The van der Waals surface area contributed by atoms with Crippen LogP contribution in [0.2, 0.25) is 5.15 Å². The molecule has 5 heteroatoms. The Morgan fingerprint density at radius 2 is 2.00 bits per heavy atom. The van der Waals surface area contributed by atoms with Crippen molar-refractivity contribution in [2.45, 2.75) is 18.9 Å². The summed E-state index contributed by atoms with van der Waals surface area (Å²) in [5, 5.41) is 0.337. The molecule has 2 aliphatic rings.